The van der Waals surface area contributed by atoms with Crippen LogP contribution in [0.25, 0.3) is 0 Å². The third-order valence-corrected chi connectivity index (χ3v) is 6.08. The Morgan fingerprint density at radius 2 is 1.72 bits per heavy atom. The number of nitrogens with one attached hydrogen (secondary N) is 1. The molecule has 2 rings (SSSR count). The van der Waals surface area contributed by atoms with Crippen molar-refractivity contribution in [3.8, 4) is 0 Å². The summed E-state index contributed by atoms with van der Waals surface area (Å²) in [5.41, 5.74) is 0.968. The first-order valence-electron chi connectivity index (χ1n) is 7.55. The molecule has 0 atom stereocenters. The standard InChI is InChI=1S/C17H18ClNO4S2/c18-14-4-8-16(9-5-14)25(22,23)19-11-12-24-15-6-1-13(2-7-15)3-10-17(20)21/h1-2,4-9,19H,3,10-12H2,(H,20,21). The van der Waals surface area contributed by atoms with Crippen molar-refractivity contribution in [2.75, 3.05) is 12.3 Å². The van der Waals surface area contributed by atoms with E-state index >= 15 is 0 Å². The summed E-state index contributed by atoms with van der Waals surface area (Å²) >= 11 is 7.28. The van der Waals surface area contributed by atoms with Crippen LogP contribution in [-0.4, -0.2) is 31.8 Å². The van der Waals surface area contributed by atoms with E-state index in [1.807, 2.05) is 24.3 Å². The van der Waals surface area contributed by atoms with Gasteiger partial charge in [-0.25, -0.2) is 13.1 Å². The summed E-state index contributed by atoms with van der Waals surface area (Å²) in [5.74, 6) is -0.229. The Balaban J connectivity index is 1.78. The molecule has 0 spiro atoms. The first-order valence-corrected chi connectivity index (χ1v) is 10.4. The molecule has 0 aliphatic heterocycles. The van der Waals surface area contributed by atoms with E-state index in [9.17, 15) is 13.2 Å². The smallest absolute Gasteiger partial charge is 0.303 e. The Hall–Kier alpha value is -1.54. The summed E-state index contributed by atoms with van der Waals surface area (Å²) in [4.78, 5) is 11.7. The van der Waals surface area contributed by atoms with Gasteiger partial charge in [0.15, 0.2) is 0 Å². The molecule has 0 bridgehead atoms. The van der Waals surface area contributed by atoms with Gasteiger partial charge in [0, 0.05) is 28.6 Å². The molecule has 2 aromatic rings. The minimum Gasteiger partial charge on any atom is -0.481 e. The monoisotopic (exact) mass is 399 g/mol. The van der Waals surface area contributed by atoms with E-state index in [4.69, 9.17) is 16.7 Å². The van der Waals surface area contributed by atoms with Gasteiger partial charge in [0.1, 0.15) is 0 Å². The fourth-order valence-electron chi connectivity index (χ4n) is 2.05. The zero-order valence-electron chi connectivity index (χ0n) is 13.3. The van der Waals surface area contributed by atoms with E-state index in [1.54, 1.807) is 0 Å². The highest BCUT2D eigenvalue weighted by Gasteiger charge is 2.12. The van der Waals surface area contributed by atoms with Crippen molar-refractivity contribution in [1.29, 1.82) is 0 Å². The van der Waals surface area contributed by atoms with Crippen molar-refractivity contribution in [2.24, 2.45) is 0 Å². The predicted molar refractivity (Wildman–Crippen MR) is 99.8 cm³/mol. The molecular weight excluding hydrogens is 382 g/mol. The van der Waals surface area contributed by atoms with Crippen molar-refractivity contribution < 1.29 is 18.3 Å². The number of benzene rings is 2. The van der Waals surface area contributed by atoms with Gasteiger partial charge in [-0.3, -0.25) is 4.79 Å². The quantitative estimate of drug-likeness (QED) is 0.498. The number of carboxylic acids is 1. The first kappa shape index (κ1) is 19.8. The maximum absolute atomic E-state index is 12.1. The van der Waals surface area contributed by atoms with Crippen LogP contribution < -0.4 is 4.72 Å². The molecule has 0 amide bonds. The largest absolute Gasteiger partial charge is 0.481 e. The molecule has 0 fully saturated rings. The molecular formula is C17H18ClNO4S2. The van der Waals surface area contributed by atoms with Crippen LogP contribution in [-0.2, 0) is 21.2 Å². The molecule has 0 aliphatic rings. The Morgan fingerprint density at radius 3 is 2.32 bits per heavy atom. The SMILES string of the molecule is O=C(O)CCc1ccc(SCCNS(=O)(=O)c2ccc(Cl)cc2)cc1. The molecule has 5 nitrogen and oxygen atoms in total. The van der Waals surface area contributed by atoms with Gasteiger partial charge in [-0.2, -0.15) is 0 Å². The van der Waals surface area contributed by atoms with Gasteiger partial charge in [0.05, 0.1) is 4.90 Å². The lowest BCUT2D eigenvalue weighted by Crippen LogP contribution is -2.25. The normalized spacial score (nSPS) is 11.4. The second kappa shape index (κ2) is 9.24. The van der Waals surface area contributed by atoms with Gasteiger partial charge in [-0.1, -0.05) is 23.7 Å². The molecule has 8 heteroatoms. The topological polar surface area (TPSA) is 83.5 Å². The molecule has 0 saturated heterocycles. The minimum atomic E-state index is -3.53. The van der Waals surface area contributed by atoms with Gasteiger partial charge in [0.2, 0.25) is 10.0 Å². The first-order chi connectivity index (χ1) is 11.9. The lowest BCUT2D eigenvalue weighted by Gasteiger charge is -2.07. The second-order valence-electron chi connectivity index (χ2n) is 5.24. The highest BCUT2D eigenvalue weighted by atomic mass is 35.5. The molecule has 0 radical (unpaired) electrons. The number of halogens is 1. The predicted octanol–water partition coefficient (Wildman–Crippen LogP) is 3.43. The lowest BCUT2D eigenvalue weighted by molar-refractivity contribution is -0.136. The molecule has 0 saturated carbocycles. The van der Waals surface area contributed by atoms with Crippen LogP contribution in [0.2, 0.25) is 5.02 Å². The Labute approximate surface area is 156 Å². The number of hydrogen-bond donors (Lipinski definition) is 2. The van der Waals surface area contributed by atoms with Crippen LogP contribution >= 0.6 is 23.4 Å². The zero-order valence-corrected chi connectivity index (χ0v) is 15.7. The van der Waals surface area contributed by atoms with Crippen LogP contribution in [0.15, 0.2) is 58.3 Å². The fraction of sp³-hybridized carbons (Fsp3) is 0.235. The van der Waals surface area contributed by atoms with Crippen LogP contribution in [0.5, 0.6) is 0 Å². The summed E-state index contributed by atoms with van der Waals surface area (Å²) in [7, 11) is -3.53. The van der Waals surface area contributed by atoms with E-state index < -0.39 is 16.0 Å². The Bertz CT molecular complexity index is 806. The van der Waals surface area contributed by atoms with Crippen molar-refractivity contribution >= 4 is 39.4 Å². The van der Waals surface area contributed by atoms with Crippen molar-refractivity contribution in [1.82, 2.24) is 4.72 Å². The van der Waals surface area contributed by atoms with Crippen LogP contribution in [0.1, 0.15) is 12.0 Å². The van der Waals surface area contributed by atoms with E-state index in [0.29, 0.717) is 23.7 Å². The Morgan fingerprint density at radius 1 is 1.08 bits per heavy atom. The Kier molecular flexibility index (Phi) is 7.31. The number of sulfonamides is 1. The molecule has 134 valence electrons. The minimum absolute atomic E-state index is 0.110. The second-order valence-corrected chi connectivity index (χ2v) is 8.61. The van der Waals surface area contributed by atoms with Crippen LogP contribution in [0.4, 0.5) is 0 Å². The number of aliphatic carboxylic acids is 1. The summed E-state index contributed by atoms with van der Waals surface area (Å²) in [6.07, 6.45) is 0.611. The number of rotatable bonds is 9. The molecule has 0 aromatic heterocycles. The van der Waals surface area contributed by atoms with Crippen molar-refractivity contribution in [3.05, 3.63) is 59.1 Å². The van der Waals surface area contributed by atoms with Gasteiger partial charge in [-0.15, -0.1) is 11.8 Å². The average Bonchev–Trinajstić information content (AvgIpc) is 2.58. The third-order valence-electron chi connectivity index (χ3n) is 3.34. The number of thioether (sulfide) groups is 1. The molecule has 0 aliphatic carbocycles. The maximum atomic E-state index is 12.1. The molecule has 0 heterocycles. The van der Waals surface area contributed by atoms with E-state index in [1.165, 1.54) is 36.0 Å². The summed E-state index contributed by atoms with van der Waals surface area (Å²) < 4.78 is 26.8. The fourth-order valence-corrected chi connectivity index (χ4v) is 4.10. The number of carboxylic acid groups (broad SMARTS) is 1. The van der Waals surface area contributed by atoms with Crippen molar-refractivity contribution in [3.63, 3.8) is 0 Å². The van der Waals surface area contributed by atoms with Gasteiger partial charge >= 0.3 is 5.97 Å². The molecule has 0 unspecified atom stereocenters. The highest BCUT2D eigenvalue weighted by molar-refractivity contribution is 7.99. The molecule has 2 N–H and O–H groups in total. The lowest BCUT2D eigenvalue weighted by atomic mass is 10.1. The van der Waals surface area contributed by atoms with Gasteiger partial charge in [-0.05, 0) is 48.4 Å². The zero-order chi connectivity index (χ0) is 18.3. The maximum Gasteiger partial charge on any atom is 0.303 e. The summed E-state index contributed by atoms with van der Waals surface area (Å²) in [6, 6.07) is 13.6. The van der Waals surface area contributed by atoms with E-state index in [2.05, 4.69) is 4.72 Å². The van der Waals surface area contributed by atoms with Gasteiger partial charge in [0.25, 0.3) is 0 Å². The van der Waals surface area contributed by atoms with Crippen LogP contribution in [0, 0.1) is 0 Å². The average molecular weight is 400 g/mol. The number of carbonyl (C=O) groups is 1. The molecule has 25 heavy (non-hydrogen) atoms. The van der Waals surface area contributed by atoms with Crippen LogP contribution in [0.3, 0.4) is 0 Å². The third kappa shape index (κ3) is 6.70. The van der Waals surface area contributed by atoms with E-state index in [0.717, 1.165) is 10.5 Å². The highest BCUT2D eigenvalue weighted by Crippen LogP contribution is 2.19. The number of hydrogen-bond acceptors (Lipinski definition) is 4. The number of aryl methyl sites for hydroxylation is 1. The summed E-state index contributed by atoms with van der Waals surface area (Å²) in [5, 5.41) is 9.15. The molecule has 2 aromatic carbocycles. The summed E-state index contributed by atoms with van der Waals surface area (Å²) in [6.45, 7) is 0.302. The van der Waals surface area contributed by atoms with E-state index in [-0.39, 0.29) is 11.3 Å². The van der Waals surface area contributed by atoms with Gasteiger partial charge < -0.3 is 5.11 Å². The van der Waals surface area contributed by atoms with Crippen molar-refractivity contribution in [2.45, 2.75) is 22.6 Å².